The Morgan fingerprint density at radius 1 is 1.00 bits per heavy atom. The standard InChI is InChI=1S/C19H14N4O3S/c1-11-20-14-9-13(7-8-16(14)27-11)21-18(25)15-10-26-19(22-15)23-17(24)12-5-3-2-4-6-12/h2-10H,1H3,(H,21,25)(H,22,23,24). The number of oxazole rings is 1. The summed E-state index contributed by atoms with van der Waals surface area (Å²) in [5.41, 5.74) is 1.96. The molecule has 2 aromatic heterocycles. The molecule has 0 atom stereocenters. The molecule has 2 N–H and O–H groups in total. The third kappa shape index (κ3) is 3.70. The van der Waals surface area contributed by atoms with Gasteiger partial charge in [0.1, 0.15) is 6.26 Å². The summed E-state index contributed by atoms with van der Waals surface area (Å²) in [6.07, 6.45) is 1.20. The van der Waals surface area contributed by atoms with Crippen molar-refractivity contribution in [1.29, 1.82) is 0 Å². The summed E-state index contributed by atoms with van der Waals surface area (Å²) in [6, 6.07) is 14.1. The van der Waals surface area contributed by atoms with Gasteiger partial charge in [-0.15, -0.1) is 11.3 Å². The second-order valence-electron chi connectivity index (χ2n) is 5.73. The molecular weight excluding hydrogens is 364 g/mol. The summed E-state index contributed by atoms with van der Waals surface area (Å²) in [4.78, 5) is 32.9. The largest absolute Gasteiger partial charge is 0.431 e. The summed E-state index contributed by atoms with van der Waals surface area (Å²) in [7, 11) is 0. The predicted octanol–water partition coefficient (Wildman–Crippen LogP) is 4.10. The van der Waals surface area contributed by atoms with E-state index < -0.39 is 5.91 Å². The van der Waals surface area contributed by atoms with E-state index in [1.165, 1.54) is 6.26 Å². The van der Waals surface area contributed by atoms with Gasteiger partial charge in [-0.05, 0) is 37.3 Å². The molecule has 134 valence electrons. The molecule has 8 heteroatoms. The zero-order valence-corrected chi connectivity index (χ0v) is 15.0. The number of hydrogen-bond acceptors (Lipinski definition) is 6. The molecule has 0 unspecified atom stereocenters. The number of amides is 2. The fourth-order valence-electron chi connectivity index (χ4n) is 2.51. The normalized spacial score (nSPS) is 10.7. The van der Waals surface area contributed by atoms with Crippen molar-refractivity contribution in [2.45, 2.75) is 6.92 Å². The molecule has 0 radical (unpaired) electrons. The van der Waals surface area contributed by atoms with E-state index in [2.05, 4.69) is 20.6 Å². The van der Waals surface area contributed by atoms with Crippen LogP contribution < -0.4 is 10.6 Å². The number of rotatable bonds is 4. The lowest BCUT2D eigenvalue weighted by Crippen LogP contribution is -2.14. The third-order valence-electron chi connectivity index (χ3n) is 3.75. The average molecular weight is 378 g/mol. The van der Waals surface area contributed by atoms with Gasteiger partial charge in [0.05, 0.1) is 15.2 Å². The highest BCUT2D eigenvalue weighted by atomic mass is 32.1. The van der Waals surface area contributed by atoms with E-state index in [0.717, 1.165) is 15.2 Å². The van der Waals surface area contributed by atoms with Gasteiger partial charge in [-0.1, -0.05) is 18.2 Å². The maximum atomic E-state index is 12.4. The van der Waals surface area contributed by atoms with Crippen molar-refractivity contribution < 1.29 is 14.0 Å². The summed E-state index contributed by atoms with van der Waals surface area (Å²) >= 11 is 1.59. The number of thiazole rings is 1. The molecule has 0 saturated carbocycles. The lowest BCUT2D eigenvalue weighted by Gasteiger charge is -2.02. The van der Waals surface area contributed by atoms with Crippen LogP contribution in [0.3, 0.4) is 0 Å². The first-order valence-corrected chi connectivity index (χ1v) is 8.90. The van der Waals surface area contributed by atoms with Crippen molar-refractivity contribution in [3.63, 3.8) is 0 Å². The van der Waals surface area contributed by atoms with E-state index in [4.69, 9.17) is 4.42 Å². The van der Waals surface area contributed by atoms with E-state index in [1.54, 1.807) is 47.7 Å². The van der Waals surface area contributed by atoms with Crippen LogP contribution in [0.5, 0.6) is 0 Å². The minimum absolute atomic E-state index is 0.0421. The van der Waals surface area contributed by atoms with Crippen LogP contribution in [-0.4, -0.2) is 21.8 Å². The van der Waals surface area contributed by atoms with Gasteiger partial charge >= 0.3 is 6.01 Å². The van der Waals surface area contributed by atoms with Crippen molar-refractivity contribution in [1.82, 2.24) is 9.97 Å². The lowest BCUT2D eigenvalue weighted by atomic mass is 10.2. The van der Waals surface area contributed by atoms with E-state index in [-0.39, 0.29) is 17.6 Å². The van der Waals surface area contributed by atoms with Crippen molar-refractivity contribution in [2.75, 3.05) is 10.6 Å². The third-order valence-corrected chi connectivity index (χ3v) is 4.70. The minimum Gasteiger partial charge on any atom is -0.431 e. The molecule has 2 aromatic carbocycles. The Bertz CT molecular complexity index is 1130. The summed E-state index contributed by atoms with van der Waals surface area (Å²) < 4.78 is 6.23. The van der Waals surface area contributed by atoms with Crippen LogP contribution in [-0.2, 0) is 0 Å². The topological polar surface area (TPSA) is 97.1 Å². The van der Waals surface area contributed by atoms with Gasteiger partial charge in [0.25, 0.3) is 11.8 Å². The number of nitrogens with zero attached hydrogens (tertiary/aromatic N) is 2. The van der Waals surface area contributed by atoms with Gasteiger partial charge < -0.3 is 9.73 Å². The SMILES string of the molecule is Cc1nc2cc(NC(=O)c3coc(NC(=O)c4ccccc4)n3)ccc2s1. The molecule has 0 bridgehead atoms. The first-order chi connectivity index (χ1) is 13.1. The van der Waals surface area contributed by atoms with Crippen molar-refractivity contribution >= 4 is 45.1 Å². The Morgan fingerprint density at radius 3 is 2.63 bits per heavy atom. The number of benzene rings is 2. The summed E-state index contributed by atoms with van der Waals surface area (Å²) in [5, 5.41) is 6.23. The maximum absolute atomic E-state index is 12.4. The molecule has 0 aliphatic rings. The number of carbonyl (C=O) groups is 2. The molecule has 0 spiro atoms. The second kappa shape index (κ2) is 7.00. The van der Waals surface area contributed by atoms with Crippen molar-refractivity contribution in [3.8, 4) is 0 Å². The highest BCUT2D eigenvalue weighted by molar-refractivity contribution is 7.18. The molecule has 4 rings (SSSR count). The van der Waals surface area contributed by atoms with Gasteiger partial charge in [0.15, 0.2) is 5.69 Å². The molecule has 0 aliphatic carbocycles. The van der Waals surface area contributed by atoms with E-state index in [0.29, 0.717) is 11.3 Å². The highest BCUT2D eigenvalue weighted by Crippen LogP contribution is 2.24. The second-order valence-corrected chi connectivity index (χ2v) is 6.96. The molecular formula is C19H14N4O3S. The zero-order chi connectivity index (χ0) is 18.8. The Morgan fingerprint density at radius 2 is 1.81 bits per heavy atom. The highest BCUT2D eigenvalue weighted by Gasteiger charge is 2.15. The molecule has 7 nitrogen and oxygen atoms in total. The number of aromatic nitrogens is 2. The molecule has 4 aromatic rings. The Labute approximate surface area is 158 Å². The van der Waals surface area contributed by atoms with Gasteiger partial charge in [-0.3, -0.25) is 14.9 Å². The smallest absolute Gasteiger partial charge is 0.302 e. The predicted molar refractivity (Wildman–Crippen MR) is 103 cm³/mol. The van der Waals surface area contributed by atoms with Crippen LogP contribution in [0.15, 0.2) is 59.2 Å². The fraction of sp³-hybridized carbons (Fsp3) is 0.0526. The first kappa shape index (κ1) is 16.9. The molecule has 0 saturated heterocycles. The van der Waals surface area contributed by atoms with Crippen LogP contribution in [0.1, 0.15) is 25.9 Å². The number of aryl methyl sites for hydroxylation is 1. The summed E-state index contributed by atoms with van der Waals surface area (Å²) in [5.74, 6) is -0.806. The van der Waals surface area contributed by atoms with Gasteiger partial charge in [-0.2, -0.15) is 4.98 Å². The molecule has 0 fully saturated rings. The number of carbonyl (C=O) groups excluding carboxylic acids is 2. The lowest BCUT2D eigenvalue weighted by molar-refractivity contribution is 0.101. The monoisotopic (exact) mass is 378 g/mol. The van der Waals surface area contributed by atoms with E-state index in [1.807, 2.05) is 19.1 Å². The van der Waals surface area contributed by atoms with Crippen molar-refractivity contribution in [3.05, 3.63) is 71.1 Å². The van der Waals surface area contributed by atoms with Crippen LogP contribution >= 0.6 is 11.3 Å². The van der Waals surface area contributed by atoms with E-state index in [9.17, 15) is 9.59 Å². The zero-order valence-electron chi connectivity index (χ0n) is 14.2. The average Bonchev–Trinajstić information content (AvgIpc) is 3.27. The van der Waals surface area contributed by atoms with Gasteiger partial charge in [-0.25, -0.2) is 4.98 Å². The van der Waals surface area contributed by atoms with Crippen LogP contribution in [0.4, 0.5) is 11.7 Å². The van der Waals surface area contributed by atoms with Gasteiger partial charge in [0, 0.05) is 11.3 Å². The number of anilines is 2. The quantitative estimate of drug-likeness (QED) is 0.557. The van der Waals surface area contributed by atoms with Crippen LogP contribution in [0.25, 0.3) is 10.2 Å². The number of fused-ring (bicyclic) bond motifs is 1. The summed E-state index contributed by atoms with van der Waals surface area (Å²) in [6.45, 7) is 1.93. The van der Waals surface area contributed by atoms with Crippen molar-refractivity contribution in [2.24, 2.45) is 0 Å². The van der Waals surface area contributed by atoms with Crippen LogP contribution in [0.2, 0.25) is 0 Å². The number of hydrogen-bond donors (Lipinski definition) is 2. The van der Waals surface area contributed by atoms with E-state index >= 15 is 0 Å². The Hall–Kier alpha value is -3.52. The Kier molecular flexibility index (Phi) is 4.39. The van der Waals surface area contributed by atoms with Crippen LogP contribution in [0, 0.1) is 6.92 Å². The van der Waals surface area contributed by atoms with Gasteiger partial charge in [0.2, 0.25) is 0 Å². The molecule has 2 amide bonds. The number of nitrogens with one attached hydrogen (secondary N) is 2. The molecule has 27 heavy (non-hydrogen) atoms. The molecule has 2 heterocycles. The minimum atomic E-state index is -0.440. The fourth-order valence-corrected chi connectivity index (χ4v) is 3.32. The Balaban J connectivity index is 1.45. The maximum Gasteiger partial charge on any atom is 0.302 e. The first-order valence-electron chi connectivity index (χ1n) is 8.09. The molecule has 0 aliphatic heterocycles.